The van der Waals surface area contributed by atoms with Crippen LogP contribution < -0.4 is 5.32 Å². The standard InChI is InChI=1S/C26H38N4O/c1-21-6-10-23(11-7-21)26(24-12-8-22(2)9-13-24)27-25(31)20-30-18-16-29(17-19-30)15-5-14-28(3)4/h6-13,26H,5,14-20H2,1-4H3,(H,27,31). The fourth-order valence-electron chi connectivity index (χ4n) is 4.07. The van der Waals surface area contributed by atoms with E-state index in [1.54, 1.807) is 0 Å². The Bertz CT molecular complexity index is 763. The van der Waals surface area contributed by atoms with Gasteiger partial charge in [-0.25, -0.2) is 0 Å². The zero-order valence-electron chi connectivity index (χ0n) is 19.6. The van der Waals surface area contributed by atoms with Crippen LogP contribution in [-0.2, 0) is 4.79 Å². The van der Waals surface area contributed by atoms with Gasteiger partial charge in [0.1, 0.15) is 0 Å². The molecular weight excluding hydrogens is 384 g/mol. The van der Waals surface area contributed by atoms with Crippen LogP contribution in [-0.4, -0.2) is 80.5 Å². The average molecular weight is 423 g/mol. The number of hydrogen-bond donors (Lipinski definition) is 1. The molecule has 0 aliphatic carbocycles. The van der Waals surface area contributed by atoms with Gasteiger partial charge < -0.3 is 15.1 Å². The number of nitrogens with zero attached hydrogens (tertiary/aromatic N) is 3. The molecule has 1 fully saturated rings. The molecule has 1 heterocycles. The first-order valence-electron chi connectivity index (χ1n) is 11.4. The van der Waals surface area contributed by atoms with Crippen LogP contribution >= 0.6 is 0 Å². The van der Waals surface area contributed by atoms with Gasteiger partial charge in [-0.05, 0) is 58.6 Å². The van der Waals surface area contributed by atoms with Crippen LogP contribution in [0.15, 0.2) is 48.5 Å². The molecule has 0 radical (unpaired) electrons. The Hall–Kier alpha value is -2.21. The van der Waals surface area contributed by atoms with Gasteiger partial charge in [0, 0.05) is 26.2 Å². The Kier molecular flexibility index (Phi) is 8.64. The second kappa shape index (κ2) is 11.4. The Morgan fingerprint density at radius 1 is 0.871 bits per heavy atom. The molecule has 5 heteroatoms. The van der Waals surface area contributed by atoms with Crippen molar-refractivity contribution >= 4 is 5.91 Å². The number of benzene rings is 2. The number of aryl methyl sites for hydroxylation is 2. The molecule has 1 aliphatic heterocycles. The second-order valence-corrected chi connectivity index (χ2v) is 9.10. The van der Waals surface area contributed by atoms with Crippen molar-refractivity contribution in [1.29, 1.82) is 0 Å². The largest absolute Gasteiger partial charge is 0.344 e. The summed E-state index contributed by atoms with van der Waals surface area (Å²) >= 11 is 0. The zero-order valence-corrected chi connectivity index (χ0v) is 19.6. The highest BCUT2D eigenvalue weighted by atomic mass is 16.2. The maximum atomic E-state index is 13.0. The number of nitrogens with one attached hydrogen (secondary N) is 1. The normalized spacial score (nSPS) is 15.5. The summed E-state index contributed by atoms with van der Waals surface area (Å²) in [6.45, 7) is 10.9. The Morgan fingerprint density at radius 3 is 1.84 bits per heavy atom. The smallest absolute Gasteiger partial charge is 0.234 e. The molecule has 0 unspecified atom stereocenters. The number of hydrogen-bond acceptors (Lipinski definition) is 4. The van der Waals surface area contributed by atoms with Gasteiger partial charge in [-0.15, -0.1) is 0 Å². The fraction of sp³-hybridized carbons (Fsp3) is 0.500. The second-order valence-electron chi connectivity index (χ2n) is 9.10. The van der Waals surface area contributed by atoms with Crippen LogP contribution in [0, 0.1) is 13.8 Å². The van der Waals surface area contributed by atoms with Crippen molar-refractivity contribution in [3.05, 3.63) is 70.8 Å². The first-order chi connectivity index (χ1) is 14.9. The van der Waals surface area contributed by atoms with Gasteiger partial charge in [-0.1, -0.05) is 59.7 Å². The van der Waals surface area contributed by atoms with Crippen LogP contribution in [0.1, 0.15) is 34.7 Å². The van der Waals surface area contributed by atoms with E-state index in [1.807, 2.05) is 0 Å². The predicted molar refractivity (Wildman–Crippen MR) is 128 cm³/mol. The van der Waals surface area contributed by atoms with Crippen molar-refractivity contribution in [3.63, 3.8) is 0 Å². The van der Waals surface area contributed by atoms with Crippen molar-refractivity contribution in [3.8, 4) is 0 Å². The third-order valence-corrected chi connectivity index (χ3v) is 6.04. The van der Waals surface area contributed by atoms with Crippen molar-refractivity contribution < 1.29 is 4.79 Å². The van der Waals surface area contributed by atoms with Crippen LogP contribution in [0.2, 0.25) is 0 Å². The van der Waals surface area contributed by atoms with Crippen molar-refractivity contribution in [2.24, 2.45) is 0 Å². The number of carbonyl (C=O) groups excluding carboxylic acids is 1. The molecule has 0 bridgehead atoms. The van der Waals surface area contributed by atoms with Gasteiger partial charge in [0.25, 0.3) is 0 Å². The zero-order chi connectivity index (χ0) is 22.2. The highest BCUT2D eigenvalue weighted by Gasteiger charge is 2.21. The first-order valence-corrected chi connectivity index (χ1v) is 11.4. The Balaban J connectivity index is 1.56. The van der Waals surface area contributed by atoms with E-state index in [2.05, 4.69) is 96.5 Å². The lowest BCUT2D eigenvalue weighted by molar-refractivity contribution is -0.123. The van der Waals surface area contributed by atoms with Crippen molar-refractivity contribution in [2.75, 3.05) is 59.9 Å². The van der Waals surface area contributed by atoms with Gasteiger partial charge in [0.15, 0.2) is 0 Å². The summed E-state index contributed by atoms with van der Waals surface area (Å²) in [5.41, 5.74) is 4.68. The highest BCUT2D eigenvalue weighted by molar-refractivity contribution is 5.79. The summed E-state index contributed by atoms with van der Waals surface area (Å²) < 4.78 is 0. The Morgan fingerprint density at radius 2 is 1.35 bits per heavy atom. The summed E-state index contributed by atoms with van der Waals surface area (Å²) in [5, 5.41) is 3.29. The van der Waals surface area contributed by atoms with E-state index in [-0.39, 0.29) is 11.9 Å². The van der Waals surface area contributed by atoms with Crippen LogP contribution in [0.5, 0.6) is 0 Å². The van der Waals surface area contributed by atoms with E-state index >= 15 is 0 Å². The molecular formula is C26H38N4O. The quantitative estimate of drug-likeness (QED) is 0.674. The van der Waals surface area contributed by atoms with Gasteiger partial charge in [0.05, 0.1) is 12.6 Å². The number of carbonyl (C=O) groups is 1. The minimum Gasteiger partial charge on any atom is -0.344 e. The molecule has 2 aromatic carbocycles. The molecule has 0 aromatic heterocycles. The van der Waals surface area contributed by atoms with E-state index in [4.69, 9.17) is 0 Å². The lowest BCUT2D eigenvalue weighted by Gasteiger charge is -2.34. The molecule has 3 rings (SSSR count). The van der Waals surface area contributed by atoms with Gasteiger partial charge >= 0.3 is 0 Å². The lowest BCUT2D eigenvalue weighted by atomic mass is 9.97. The van der Waals surface area contributed by atoms with Crippen molar-refractivity contribution in [1.82, 2.24) is 20.0 Å². The minimum atomic E-state index is -0.124. The summed E-state index contributed by atoms with van der Waals surface area (Å²) in [6.07, 6.45) is 1.20. The SMILES string of the molecule is Cc1ccc(C(NC(=O)CN2CCN(CCCN(C)C)CC2)c2ccc(C)cc2)cc1. The monoisotopic (exact) mass is 422 g/mol. The third kappa shape index (κ3) is 7.46. The maximum absolute atomic E-state index is 13.0. The molecule has 168 valence electrons. The first kappa shape index (κ1) is 23.5. The maximum Gasteiger partial charge on any atom is 0.234 e. The number of rotatable bonds is 9. The Labute approximate surface area is 188 Å². The lowest BCUT2D eigenvalue weighted by Crippen LogP contribution is -2.50. The average Bonchev–Trinajstić information content (AvgIpc) is 2.74. The van der Waals surface area contributed by atoms with Gasteiger partial charge in [-0.3, -0.25) is 9.69 Å². The van der Waals surface area contributed by atoms with E-state index in [1.165, 1.54) is 17.5 Å². The summed E-state index contributed by atoms with van der Waals surface area (Å²) in [4.78, 5) is 20.0. The van der Waals surface area contributed by atoms with Crippen molar-refractivity contribution in [2.45, 2.75) is 26.3 Å². The molecule has 1 aliphatic rings. The van der Waals surface area contributed by atoms with Gasteiger partial charge in [0.2, 0.25) is 5.91 Å². The van der Waals surface area contributed by atoms with E-state index in [9.17, 15) is 4.79 Å². The highest BCUT2D eigenvalue weighted by Crippen LogP contribution is 2.23. The molecule has 31 heavy (non-hydrogen) atoms. The third-order valence-electron chi connectivity index (χ3n) is 6.04. The molecule has 5 nitrogen and oxygen atoms in total. The molecule has 0 spiro atoms. The van der Waals surface area contributed by atoms with E-state index in [0.717, 1.165) is 50.4 Å². The van der Waals surface area contributed by atoms with Crippen LogP contribution in [0.25, 0.3) is 0 Å². The van der Waals surface area contributed by atoms with Gasteiger partial charge in [-0.2, -0.15) is 0 Å². The number of amides is 1. The molecule has 0 atom stereocenters. The predicted octanol–water partition coefficient (Wildman–Crippen LogP) is 3.08. The number of piperazine rings is 1. The topological polar surface area (TPSA) is 38.8 Å². The molecule has 0 saturated carbocycles. The molecule has 1 amide bonds. The van der Waals surface area contributed by atoms with E-state index < -0.39 is 0 Å². The fourth-order valence-corrected chi connectivity index (χ4v) is 4.07. The van der Waals surface area contributed by atoms with E-state index in [0.29, 0.717) is 6.54 Å². The van der Waals surface area contributed by atoms with Crippen LogP contribution in [0.3, 0.4) is 0 Å². The summed E-state index contributed by atoms with van der Waals surface area (Å²) in [6, 6.07) is 16.8. The molecule has 2 aromatic rings. The molecule has 1 saturated heterocycles. The minimum absolute atomic E-state index is 0.0900. The summed E-state index contributed by atoms with van der Waals surface area (Å²) in [5.74, 6) is 0.0900. The molecule has 1 N–H and O–H groups in total. The summed E-state index contributed by atoms with van der Waals surface area (Å²) in [7, 11) is 4.24. The van der Waals surface area contributed by atoms with Crippen LogP contribution in [0.4, 0.5) is 0 Å².